The van der Waals surface area contributed by atoms with Crippen molar-refractivity contribution < 1.29 is 4.79 Å². The van der Waals surface area contributed by atoms with E-state index in [1.807, 2.05) is 68.9 Å². The number of aromatic nitrogens is 6. The molecule has 0 saturated carbocycles. The summed E-state index contributed by atoms with van der Waals surface area (Å²) in [6.45, 7) is 7.76. The van der Waals surface area contributed by atoms with Gasteiger partial charge in [0.2, 0.25) is 5.91 Å². The molecule has 0 bridgehead atoms. The summed E-state index contributed by atoms with van der Waals surface area (Å²) in [4.78, 5) is 16.4. The summed E-state index contributed by atoms with van der Waals surface area (Å²) in [5.41, 5.74) is 6.53. The predicted octanol–water partition coefficient (Wildman–Crippen LogP) is 5.19. The normalized spacial score (nSPS) is 12.3. The van der Waals surface area contributed by atoms with Crippen LogP contribution >= 0.6 is 11.8 Å². The second kappa shape index (κ2) is 9.07. The van der Waals surface area contributed by atoms with E-state index >= 15 is 0 Å². The molecule has 0 spiro atoms. The molecule has 1 atom stereocenters. The van der Waals surface area contributed by atoms with Crippen molar-refractivity contribution in [3.8, 4) is 17.1 Å². The highest BCUT2D eigenvalue weighted by Gasteiger charge is 2.24. The predicted molar refractivity (Wildman–Crippen MR) is 140 cm³/mol. The number of aromatic amines is 1. The Bertz CT molecular complexity index is 1540. The van der Waals surface area contributed by atoms with Gasteiger partial charge in [0.25, 0.3) is 0 Å². The van der Waals surface area contributed by atoms with Crippen LogP contribution in [0.5, 0.6) is 0 Å². The summed E-state index contributed by atoms with van der Waals surface area (Å²) in [6, 6.07) is 16.3. The maximum atomic E-state index is 13.1. The zero-order valence-electron chi connectivity index (χ0n) is 20.3. The SMILES string of the molecule is Cc1cccc(-n2c(SC(C)C(=O)Nc3c(C)nn(C)c3C)nnc2-c2c[nH]c3ccccc23)c1. The molecule has 0 saturated heterocycles. The molecule has 5 aromatic rings. The summed E-state index contributed by atoms with van der Waals surface area (Å²) < 4.78 is 3.79. The minimum absolute atomic E-state index is 0.110. The van der Waals surface area contributed by atoms with Gasteiger partial charge in [-0.2, -0.15) is 5.10 Å². The van der Waals surface area contributed by atoms with E-state index in [1.165, 1.54) is 11.8 Å². The molecule has 9 heteroatoms. The van der Waals surface area contributed by atoms with E-state index in [4.69, 9.17) is 0 Å². The number of carbonyl (C=O) groups is 1. The molecular weight excluding hydrogens is 458 g/mol. The van der Waals surface area contributed by atoms with Gasteiger partial charge in [-0.25, -0.2) is 0 Å². The summed E-state index contributed by atoms with van der Waals surface area (Å²) >= 11 is 1.38. The molecule has 3 heterocycles. The van der Waals surface area contributed by atoms with Crippen LogP contribution in [-0.2, 0) is 11.8 Å². The molecular formula is C26H27N7OS. The molecule has 0 aliphatic heterocycles. The van der Waals surface area contributed by atoms with E-state index in [-0.39, 0.29) is 5.91 Å². The number of anilines is 1. The molecule has 0 radical (unpaired) electrons. The Morgan fingerprint density at radius 2 is 1.89 bits per heavy atom. The van der Waals surface area contributed by atoms with Gasteiger partial charge in [-0.1, -0.05) is 42.1 Å². The van der Waals surface area contributed by atoms with Crippen molar-refractivity contribution in [2.75, 3.05) is 5.32 Å². The zero-order valence-corrected chi connectivity index (χ0v) is 21.1. The highest BCUT2D eigenvalue weighted by molar-refractivity contribution is 8.00. The highest BCUT2D eigenvalue weighted by atomic mass is 32.2. The van der Waals surface area contributed by atoms with Gasteiger partial charge in [-0.05, 0) is 51.5 Å². The molecule has 1 unspecified atom stereocenters. The summed E-state index contributed by atoms with van der Waals surface area (Å²) in [5, 5.41) is 17.8. The van der Waals surface area contributed by atoms with E-state index in [9.17, 15) is 4.79 Å². The van der Waals surface area contributed by atoms with Crippen LogP contribution in [0.2, 0.25) is 0 Å². The first kappa shape index (κ1) is 22.9. The van der Waals surface area contributed by atoms with Crippen LogP contribution in [0.15, 0.2) is 59.9 Å². The molecule has 35 heavy (non-hydrogen) atoms. The smallest absolute Gasteiger partial charge is 0.237 e. The number of fused-ring (bicyclic) bond motifs is 1. The number of amides is 1. The molecule has 2 N–H and O–H groups in total. The van der Waals surface area contributed by atoms with Crippen LogP contribution in [0, 0.1) is 20.8 Å². The lowest BCUT2D eigenvalue weighted by Gasteiger charge is -2.14. The number of thioether (sulfide) groups is 1. The molecule has 0 aliphatic rings. The van der Waals surface area contributed by atoms with E-state index < -0.39 is 5.25 Å². The average Bonchev–Trinajstić information content (AvgIpc) is 3.51. The standard InChI is InChI=1S/C26H27N7OS/c1-15-9-8-10-19(13-15)33-24(21-14-27-22-12-7-6-11-20(21)22)29-30-26(33)35-18(4)25(34)28-23-16(2)31-32(5)17(23)3/h6-14,18,27H,1-5H3,(H,28,34). The van der Waals surface area contributed by atoms with Gasteiger partial charge in [0, 0.05) is 35.4 Å². The number of aryl methyl sites for hydroxylation is 3. The van der Waals surface area contributed by atoms with Gasteiger partial charge in [0.15, 0.2) is 11.0 Å². The fourth-order valence-corrected chi connectivity index (χ4v) is 5.04. The van der Waals surface area contributed by atoms with Crippen molar-refractivity contribution in [3.05, 3.63) is 71.7 Å². The van der Waals surface area contributed by atoms with Gasteiger partial charge in [-0.15, -0.1) is 10.2 Å². The van der Waals surface area contributed by atoms with E-state index in [1.54, 1.807) is 4.68 Å². The third-order valence-corrected chi connectivity index (χ3v) is 7.17. The lowest BCUT2D eigenvalue weighted by molar-refractivity contribution is -0.115. The van der Waals surface area contributed by atoms with Crippen LogP contribution in [-0.4, -0.2) is 40.7 Å². The highest BCUT2D eigenvalue weighted by Crippen LogP contribution is 2.34. The third-order valence-electron chi connectivity index (χ3n) is 6.13. The first-order valence-corrected chi connectivity index (χ1v) is 12.3. The van der Waals surface area contributed by atoms with Crippen molar-refractivity contribution in [1.29, 1.82) is 0 Å². The van der Waals surface area contributed by atoms with Crippen LogP contribution in [0.4, 0.5) is 5.69 Å². The Kier molecular flexibility index (Phi) is 5.94. The van der Waals surface area contributed by atoms with Crippen LogP contribution in [0.3, 0.4) is 0 Å². The van der Waals surface area contributed by atoms with E-state index in [0.29, 0.717) is 5.16 Å². The maximum absolute atomic E-state index is 13.1. The summed E-state index contributed by atoms with van der Waals surface area (Å²) in [7, 11) is 1.87. The van der Waals surface area contributed by atoms with Gasteiger partial charge in [-0.3, -0.25) is 14.0 Å². The minimum Gasteiger partial charge on any atom is -0.360 e. The molecule has 5 rings (SSSR count). The van der Waals surface area contributed by atoms with Crippen molar-refractivity contribution in [3.63, 3.8) is 0 Å². The quantitative estimate of drug-likeness (QED) is 0.323. The van der Waals surface area contributed by atoms with Gasteiger partial charge in [0.1, 0.15) is 0 Å². The first-order chi connectivity index (χ1) is 16.8. The van der Waals surface area contributed by atoms with Gasteiger partial charge < -0.3 is 10.3 Å². The second-order valence-corrected chi connectivity index (χ2v) is 9.96. The number of nitrogens with zero attached hydrogens (tertiary/aromatic N) is 5. The molecule has 8 nitrogen and oxygen atoms in total. The molecule has 178 valence electrons. The van der Waals surface area contributed by atoms with Crippen molar-refractivity contribution >= 4 is 34.3 Å². The van der Waals surface area contributed by atoms with Crippen LogP contribution in [0.1, 0.15) is 23.9 Å². The largest absolute Gasteiger partial charge is 0.360 e. The summed E-state index contributed by atoms with van der Waals surface area (Å²) in [5.74, 6) is 0.615. The summed E-state index contributed by atoms with van der Waals surface area (Å²) in [6.07, 6.45) is 1.96. The van der Waals surface area contributed by atoms with Crippen molar-refractivity contribution in [2.24, 2.45) is 7.05 Å². The van der Waals surface area contributed by atoms with E-state index in [0.717, 1.165) is 50.6 Å². The lowest BCUT2D eigenvalue weighted by atomic mass is 10.1. The van der Waals surface area contributed by atoms with Gasteiger partial charge in [0.05, 0.1) is 22.3 Å². The number of rotatable bonds is 6. The first-order valence-electron chi connectivity index (χ1n) is 11.4. The number of hydrogen-bond donors (Lipinski definition) is 2. The Hall–Kier alpha value is -3.85. The Labute approximate surface area is 207 Å². The van der Waals surface area contributed by atoms with Crippen molar-refractivity contribution in [2.45, 2.75) is 38.1 Å². The Morgan fingerprint density at radius 3 is 2.63 bits per heavy atom. The lowest BCUT2D eigenvalue weighted by Crippen LogP contribution is -2.23. The number of H-pyrrole nitrogens is 1. The molecule has 2 aromatic carbocycles. The van der Waals surface area contributed by atoms with E-state index in [2.05, 4.69) is 50.7 Å². The minimum atomic E-state index is -0.405. The number of hydrogen-bond acceptors (Lipinski definition) is 5. The van der Waals surface area contributed by atoms with Crippen LogP contribution in [0.25, 0.3) is 28.0 Å². The Balaban J connectivity index is 1.52. The number of nitrogens with one attached hydrogen (secondary N) is 2. The number of carbonyl (C=O) groups excluding carboxylic acids is 1. The maximum Gasteiger partial charge on any atom is 0.237 e. The molecule has 1 amide bonds. The fraction of sp³-hybridized carbons (Fsp3) is 0.231. The Morgan fingerprint density at radius 1 is 1.09 bits per heavy atom. The second-order valence-electron chi connectivity index (χ2n) is 8.65. The molecule has 0 aliphatic carbocycles. The monoisotopic (exact) mass is 485 g/mol. The van der Waals surface area contributed by atoms with Crippen LogP contribution < -0.4 is 5.32 Å². The number of para-hydroxylation sites is 1. The average molecular weight is 486 g/mol. The fourth-order valence-electron chi connectivity index (χ4n) is 4.17. The molecule has 0 fully saturated rings. The molecule has 3 aromatic heterocycles. The topological polar surface area (TPSA) is 93.4 Å². The van der Waals surface area contributed by atoms with Gasteiger partial charge >= 0.3 is 0 Å². The van der Waals surface area contributed by atoms with Crippen molar-refractivity contribution in [1.82, 2.24) is 29.5 Å². The zero-order chi connectivity index (χ0) is 24.7. The third kappa shape index (κ3) is 4.23. The number of benzene rings is 2.